The first-order chi connectivity index (χ1) is 9.29. The minimum atomic E-state index is 0. The third-order valence-corrected chi connectivity index (χ3v) is 4.41. The van der Waals surface area contributed by atoms with Gasteiger partial charge in [0, 0.05) is 19.6 Å². The van der Waals surface area contributed by atoms with Crippen LogP contribution in [0.1, 0.15) is 38.5 Å². The molecule has 0 bridgehead atoms. The third-order valence-electron chi connectivity index (χ3n) is 4.41. The molecule has 2 aliphatic heterocycles. The van der Waals surface area contributed by atoms with E-state index in [1.807, 2.05) is 7.05 Å². The van der Waals surface area contributed by atoms with Gasteiger partial charge in [-0.3, -0.25) is 9.69 Å². The number of carbonyl (C=O) groups excluding carboxylic acids is 1. The lowest BCUT2D eigenvalue weighted by Gasteiger charge is -2.33. The quantitative estimate of drug-likeness (QED) is 0.859. The van der Waals surface area contributed by atoms with Gasteiger partial charge in [0.25, 0.3) is 0 Å². The average molecular weight is 304 g/mol. The zero-order valence-corrected chi connectivity index (χ0v) is 13.6. The molecule has 5 heteroatoms. The molecule has 0 aliphatic carbocycles. The van der Waals surface area contributed by atoms with Gasteiger partial charge in [0.1, 0.15) is 0 Å². The Bertz CT molecular complexity index is 278. The van der Waals surface area contributed by atoms with E-state index in [4.69, 9.17) is 0 Å². The number of piperidine rings is 1. The number of nitrogens with zero attached hydrogens (tertiary/aromatic N) is 2. The van der Waals surface area contributed by atoms with Crippen LogP contribution in [-0.4, -0.2) is 62.0 Å². The fraction of sp³-hybridized carbons (Fsp3) is 0.933. The van der Waals surface area contributed by atoms with Gasteiger partial charge >= 0.3 is 0 Å². The molecule has 0 aromatic carbocycles. The summed E-state index contributed by atoms with van der Waals surface area (Å²) in [5, 5.41) is 3.26. The van der Waals surface area contributed by atoms with Crippen LogP contribution in [0.15, 0.2) is 0 Å². The molecule has 2 rings (SSSR count). The largest absolute Gasteiger partial charge is 0.342 e. The Morgan fingerprint density at radius 1 is 1.10 bits per heavy atom. The number of rotatable bonds is 4. The van der Waals surface area contributed by atoms with Crippen molar-refractivity contribution in [1.82, 2.24) is 15.1 Å². The zero-order chi connectivity index (χ0) is 13.5. The van der Waals surface area contributed by atoms with Gasteiger partial charge in [0.2, 0.25) is 5.91 Å². The van der Waals surface area contributed by atoms with Gasteiger partial charge in [-0.15, -0.1) is 12.4 Å². The van der Waals surface area contributed by atoms with Crippen LogP contribution in [0.4, 0.5) is 0 Å². The fourth-order valence-corrected chi connectivity index (χ4v) is 3.36. The van der Waals surface area contributed by atoms with Crippen molar-refractivity contribution >= 4 is 18.3 Å². The Balaban J connectivity index is 0.00000200. The van der Waals surface area contributed by atoms with Gasteiger partial charge in [-0.05, 0) is 51.7 Å². The van der Waals surface area contributed by atoms with Crippen molar-refractivity contribution in [2.24, 2.45) is 5.92 Å². The summed E-state index contributed by atoms with van der Waals surface area (Å²) in [6.07, 6.45) is 7.49. The summed E-state index contributed by atoms with van der Waals surface area (Å²) in [4.78, 5) is 16.8. The van der Waals surface area contributed by atoms with E-state index in [1.165, 1.54) is 38.5 Å². The van der Waals surface area contributed by atoms with E-state index in [9.17, 15) is 4.79 Å². The second kappa shape index (κ2) is 9.59. The average Bonchev–Trinajstić information content (AvgIpc) is 2.68. The Labute approximate surface area is 129 Å². The van der Waals surface area contributed by atoms with E-state index in [1.54, 1.807) is 0 Å². The SMILES string of the molecule is CNCC1CCCN(CC(=O)N2CCCCCC2)C1.Cl. The highest BCUT2D eigenvalue weighted by Crippen LogP contribution is 2.16. The van der Waals surface area contributed by atoms with Crippen molar-refractivity contribution in [3.05, 3.63) is 0 Å². The van der Waals surface area contributed by atoms with Crippen LogP contribution in [0.5, 0.6) is 0 Å². The van der Waals surface area contributed by atoms with Crippen LogP contribution in [0.25, 0.3) is 0 Å². The van der Waals surface area contributed by atoms with E-state index >= 15 is 0 Å². The number of amides is 1. The van der Waals surface area contributed by atoms with E-state index in [0.717, 1.165) is 38.6 Å². The maximum absolute atomic E-state index is 12.4. The first-order valence-corrected chi connectivity index (χ1v) is 7.94. The molecule has 2 saturated heterocycles. The van der Waals surface area contributed by atoms with Gasteiger partial charge in [0.15, 0.2) is 0 Å². The van der Waals surface area contributed by atoms with Gasteiger partial charge in [-0.25, -0.2) is 0 Å². The minimum Gasteiger partial charge on any atom is -0.342 e. The van der Waals surface area contributed by atoms with Crippen LogP contribution >= 0.6 is 12.4 Å². The summed E-state index contributed by atoms with van der Waals surface area (Å²) < 4.78 is 0. The number of halogens is 1. The predicted octanol–water partition coefficient (Wildman–Crippen LogP) is 1.74. The van der Waals surface area contributed by atoms with Crippen LogP contribution < -0.4 is 5.32 Å². The standard InChI is InChI=1S/C15H29N3O.ClH/c1-16-11-14-7-6-8-17(12-14)13-15(19)18-9-4-2-3-5-10-18;/h14,16H,2-13H2,1H3;1H. The fourth-order valence-electron chi connectivity index (χ4n) is 3.36. The second-order valence-corrected chi connectivity index (χ2v) is 6.10. The number of nitrogens with one attached hydrogen (secondary N) is 1. The normalized spacial score (nSPS) is 24.9. The highest BCUT2D eigenvalue weighted by Gasteiger charge is 2.23. The smallest absolute Gasteiger partial charge is 0.236 e. The summed E-state index contributed by atoms with van der Waals surface area (Å²) in [5.74, 6) is 1.07. The molecule has 118 valence electrons. The minimum absolute atomic E-state index is 0. The highest BCUT2D eigenvalue weighted by molar-refractivity contribution is 5.85. The molecular formula is C15H30ClN3O. The monoisotopic (exact) mass is 303 g/mol. The predicted molar refractivity (Wildman–Crippen MR) is 85.4 cm³/mol. The molecule has 1 amide bonds. The first-order valence-electron chi connectivity index (χ1n) is 7.94. The van der Waals surface area contributed by atoms with Crippen LogP contribution in [-0.2, 0) is 4.79 Å². The molecule has 2 fully saturated rings. The summed E-state index contributed by atoms with van der Waals surface area (Å²) in [5.41, 5.74) is 0. The Hall–Kier alpha value is -0.320. The molecule has 20 heavy (non-hydrogen) atoms. The van der Waals surface area contributed by atoms with Crippen LogP contribution in [0.2, 0.25) is 0 Å². The van der Waals surface area contributed by atoms with E-state index in [0.29, 0.717) is 12.5 Å². The van der Waals surface area contributed by atoms with Crippen molar-refractivity contribution < 1.29 is 4.79 Å². The van der Waals surface area contributed by atoms with E-state index in [-0.39, 0.29) is 12.4 Å². The summed E-state index contributed by atoms with van der Waals surface area (Å²) in [7, 11) is 2.02. The van der Waals surface area contributed by atoms with Gasteiger partial charge < -0.3 is 10.2 Å². The van der Waals surface area contributed by atoms with E-state index < -0.39 is 0 Å². The number of hydrogen-bond donors (Lipinski definition) is 1. The molecule has 4 nitrogen and oxygen atoms in total. The van der Waals surface area contributed by atoms with Crippen molar-refractivity contribution in [1.29, 1.82) is 0 Å². The lowest BCUT2D eigenvalue weighted by atomic mass is 9.98. The maximum atomic E-state index is 12.4. The Morgan fingerprint density at radius 3 is 2.45 bits per heavy atom. The molecule has 2 aliphatic rings. The van der Waals surface area contributed by atoms with Gasteiger partial charge in [-0.1, -0.05) is 12.8 Å². The topological polar surface area (TPSA) is 35.6 Å². The van der Waals surface area contributed by atoms with Crippen molar-refractivity contribution in [3.8, 4) is 0 Å². The molecule has 0 aromatic heterocycles. The summed E-state index contributed by atoms with van der Waals surface area (Å²) in [6.45, 7) is 5.86. The van der Waals surface area contributed by atoms with Crippen LogP contribution in [0.3, 0.4) is 0 Å². The molecule has 0 radical (unpaired) electrons. The molecule has 2 heterocycles. The van der Waals surface area contributed by atoms with Crippen molar-refractivity contribution in [2.45, 2.75) is 38.5 Å². The van der Waals surface area contributed by atoms with Gasteiger partial charge in [0.05, 0.1) is 6.54 Å². The molecule has 1 atom stereocenters. The maximum Gasteiger partial charge on any atom is 0.236 e. The molecule has 0 saturated carbocycles. The number of hydrogen-bond acceptors (Lipinski definition) is 3. The third kappa shape index (κ3) is 5.58. The second-order valence-electron chi connectivity index (χ2n) is 6.10. The summed E-state index contributed by atoms with van der Waals surface area (Å²) in [6, 6.07) is 0. The molecule has 0 aromatic rings. The van der Waals surface area contributed by atoms with Gasteiger partial charge in [-0.2, -0.15) is 0 Å². The Kier molecular flexibility index (Phi) is 8.50. The number of likely N-dealkylation sites (tertiary alicyclic amines) is 2. The zero-order valence-electron chi connectivity index (χ0n) is 12.8. The first kappa shape index (κ1) is 17.7. The molecule has 0 spiro atoms. The van der Waals surface area contributed by atoms with Crippen LogP contribution in [0, 0.1) is 5.92 Å². The lowest BCUT2D eigenvalue weighted by Crippen LogP contribution is -2.45. The van der Waals surface area contributed by atoms with Crippen molar-refractivity contribution in [2.75, 3.05) is 46.3 Å². The molecule has 1 unspecified atom stereocenters. The molecular weight excluding hydrogens is 274 g/mol. The number of carbonyl (C=O) groups is 1. The van der Waals surface area contributed by atoms with Crippen molar-refractivity contribution in [3.63, 3.8) is 0 Å². The highest BCUT2D eigenvalue weighted by atomic mass is 35.5. The molecule has 1 N–H and O–H groups in total. The lowest BCUT2D eigenvalue weighted by molar-refractivity contribution is -0.132. The Morgan fingerprint density at radius 2 is 1.80 bits per heavy atom. The van der Waals surface area contributed by atoms with E-state index in [2.05, 4.69) is 15.1 Å². The summed E-state index contributed by atoms with van der Waals surface area (Å²) >= 11 is 0.